The number of rotatable bonds is 6. The number of carbonyl (C=O) groups excluding carboxylic acids is 1. The Labute approximate surface area is 179 Å². The number of sulfonamides is 1. The molecule has 1 N–H and O–H groups in total. The summed E-state index contributed by atoms with van der Waals surface area (Å²) in [7, 11) is -3.80. The third-order valence-electron chi connectivity index (χ3n) is 5.11. The number of halogens is 3. The Morgan fingerprint density at radius 1 is 1.10 bits per heavy atom. The summed E-state index contributed by atoms with van der Waals surface area (Å²) in [6.45, 7) is 3.19. The second-order valence-electron chi connectivity index (χ2n) is 7.04. The number of hydrogen-bond acceptors (Lipinski definition) is 4. The van der Waals surface area contributed by atoms with Crippen molar-refractivity contribution in [2.24, 2.45) is 0 Å². The van der Waals surface area contributed by atoms with Crippen molar-refractivity contribution in [1.82, 2.24) is 14.5 Å². The van der Waals surface area contributed by atoms with E-state index in [1.54, 1.807) is 19.1 Å². The summed E-state index contributed by atoms with van der Waals surface area (Å²) >= 11 is 5.71. The van der Waals surface area contributed by atoms with E-state index in [0.29, 0.717) is 13.1 Å². The summed E-state index contributed by atoms with van der Waals surface area (Å²) in [6.07, 6.45) is 0. The monoisotopic (exact) mass is 457 g/mol. The van der Waals surface area contributed by atoms with Crippen LogP contribution >= 0.6 is 11.6 Å². The third kappa shape index (κ3) is 5.15. The molecular weight excluding hydrogens is 436 g/mol. The molecule has 3 rings (SSSR count). The molecule has 0 bridgehead atoms. The number of hydrogen-bond donors (Lipinski definition) is 1. The fourth-order valence-electron chi connectivity index (χ4n) is 3.22. The summed E-state index contributed by atoms with van der Waals surface area (Å²) in [5.41, 5.74) is 0.783. The number of benzene rings is 2. The predicted molar refractivity (Wildman–Crippen MR) is 109 cm³/mol. The lowest BCUT2D eigenvalue weighted by molar-refractivity contribution is -0.126. The highest BCUT2D eigenvalue weighted by Gasteiger charge is 2.32. The van der Waals surface area contributed by atoms with E-state index in [2.05, 4.69) is 5.32 Å². The smallest absolute Gasteiger partial charge is 0.243 e. The first-order chi connectivity index (χ1) is 14.2. The fraction of sp³-hybridized carbons (Fsp3) is 0.350. The molecule has 162 valence electrons. The second-order valence-corrected chi connectivity index (χ2v) is 9.38. The van der Waals surface area contributed by atoms with Crippen molar-refractivity contribution in [2.45, 2.75) is 24.4 Å². The van der Waals surface area contributed by atoms with E-state index < -0.39 is 21.9 Å². The van der Waals surface area contributed by atoms with Gasteiger partial charge in [0.05, 0.1) is 16.0 Å². The molecule has 1 unspecified atom stereocenters. The van der Waals surface area contributed by atoms with E-state index >= 15 is 0 Å². The van der Waals surface area contributed by atoms with Gasteiger partial charge in [0.2, 0.25) is 15.9 Å². The van der Waals surface area contributed by atoms with Crippen molar-refractivity contribution in [2.75, 3.05) is 26.2 Å². The van der Waals surface area contributed by atoms with Crippen LogP contribution < -0.4 is 5.32 Å². The summed E-state index contributed by atoms with van der Waals surface area (Å²) < 4.78 is 53.1. The van der Waals surface area contributed by atoms with Gasteiger partial charge in [-0.05, 0) is 42.8 Å². The van der Waals surface area contributed by atoms with Crippen LogP contribution in [0.15, 0.2) is 47.4 Å². The van der Waals surface area contributed by atoms with Crippen molar-refractivity contribution in [3.8, 4) is 0 Å². The fourth-order valence-corrected chi connectivity index (χ4v) is 4.92. The van der Waals surface area contributed by atoms with Gasteiger partial charge in [0.25, 0.3) is 0 Å². The molecule has 0 saturated carbocycles. The van der Waals surface area contributed by atoms with Crippen molar-refractivity contribution in [3.63, 3.8) is 0 Å². The molecule has 1 fully saturated rings. The Kier molecular flexibility index (Phi) is 7.07. The number of amides is 1. The first-order valence-corrected chi connectivity index (χ1v) is 11.2. The van der Waals surface area contributed by atoms with Gasteiger partial charge in [-0.15, -0.1) is 0 Å². The number of piperazine rings is 1. The Hall–Kier alpha value is -2.07. The van der Waals surface area contributed by atoms with Crippen LogP contribution in [-0.4, -0.2) is 55.8 Å². The van der Waals surface area contributed by atoms with E-state index in [4.69, 9.17) is 11.6 Å². The number of carbonyl (C=O) groups is 1. The predicted octanol–water partition coefficient (Wildman–Crippen LogP) is 2.63. The van der Waals surface area contributed by atoms with Crippen LogP contribution in [-0.2, 0) is 21.4 Å². The van der Waals surface area contributed by atoms with E-state index in [1.165, 1.54) is 22.5 Å². The van der Waals surface area contributed by atoms with E-state index in [-0.39, 0.29) is 41.3 Å². The molecule has 2 aromatic rings. The molecule has 1 saturated heterocycles. The number of nitrogens with one attached hydrogen (secondary N) is 1. The van der Waals surface area contributed by atoms with Gasteiger partial charge in [0, 0.05) is 32.7 Å². The highest BCUT2D eigenvalue weighted by atomic mass is 35.5. The lowest BCUT2D eigenvalue weighted by Crippen LogP contribution is -2.54. The molecule has 1 heterocycles. The van der Waals surface area contributed by atoms with Crippen molar-refractivity contribution < 1.29 is 22.0 Å². The maximum atomic E-state index is 13.3. The molecule has 0 aromatic heterocycles. The molecular formula is C20H22ClF2N3O3S. The first kappa shape index (κ1) is 22.6. The minimum Gasteiger partial charge on any atom is -0.351 e. The van der Waals surface area contributed by atoms with Crippen LogP contribution in [0, 0.1) is 11.6 Å². The zero-order valence-electron chi connectivity index (χ0n) is 16.3. The standard InChI is InChI=1S/C20H22ClF2N3O3S/c1-14(20(27)24-13-15-2-4-16(22)5-3-15)25-8-10-26(11-9-25)30(28,29)17-6-7-19(23)18(21)12-17/h2-7,12,14H,8-11,13H2,1H3,(H,24,27). The minimum atomic E-state index is -3.80. The molecule has 1 amide bonds. The quantitative estimate of drug-likeness (QED) is 0.724. The topological polar surface area (TPSA) is 69.7 Å². The molecule has 6 nitrogen and oxygen atoms in total. The van der Waals surface area contributed by atoms with Crippen LogP contribution in [0.2, 0.25) is 5.02 Å². The van der Waals surface area contributed by atoms with Crippen LogP contribution in [0.1, 0.15) is 12.5 Å². The van der Waals surface area contributed by atoms with Gasteiger partial charge < -0.3 is 5.32 Å². The molecule has 0 aliphatic carbocycles. The summed E-state index contributed by atoms with van der Waals surface area (Å²) in [5.74, 6) is -1.21. The average molecular weight is 458 g/mol. The van der Waals surface area contributed by atoms with Crippen LogP contribution in [0.25, 0.3) is 0 Å². The maximum absolute atomic E-state index is 13.3. The van der Waals surface area contributed by atoms with Crippen LogP contribution in [0.5, 0.6) is 0 Å². The Morgan fingerprint density at radius 3 is 2.33 bits per heavy atom. The van der Waals surface area contributed by atoms with Gasteiger partial charge in [0.1, 0.15) is 11.6 Å². The van der Waals surface area contributed by atoms with E-state index in [1.807, 2.05) is 4.90 Å². The minimum absolute atomic E-state index is 0.0626. The van der Waals surface area contributed by atoms with E-state index in [0.717, 1.165) is 17.7 Å². The van der Waals surface area contributed by atoms with Gasteiger partial charge >= 0.3 is 0 Å². The molecule has 30 heavy (non-hydrogen) atoms. The van der Waals surface area contributed by atoms with Gasteiger partial charge in [-0.25, -0.2) is 17.2 Å². The second kappa shape index (κ2) is 9.38. The molecule has 1 aliphatic rings. The first-order valence-electron chi connectivity index (χ1n) is 9.40. The molecule has 1 aliphatic heterocycles. The average Bonchev–Trinajstić information content (AvgIpc) is 2.74. The van der Waals surface area contributed by atoms with Gasteiger partial charge in [-0.1, -0.05) is 23.7 Å². The highest BCUT2D eigenvalue weighted by molar-refractivity contribution is 7.89. The molecule has 1 atom stereocenters. The zero-order valence-corrected chi connectivity index (χ0v) is 17.9. The summed E-state index contributed by atoms with van der Waals surface area (Å²) in [5, 5.41) is 2.56. The van der Waals surface area contributed by atoms with Crippen molar-refractivity contribution >= 4 is 27.5 Å². The molecule has 0 radical (unpaired) electrons. The molecule has 10 heteroatoms. The Bertz CT molecular complexity index is 1010. The lowest BCUT2D eigenvalue weighted by Gasteiger charge is -2.36. The SMILES string of the molecule is CC(C(=O)NCc1ccc(F)cc1)N1CCN(S(=O)(=O)c2ccc(F)c(Cl)c2)CC1. The largest absolute Gasteiger partial charge is 0.351 e. The normalized spacial score (nSPS) is 16.9. The van der Waals surface area contributed by atoms with Gasteiger partial charge in [-0.2, -0.15) is 4.31 Å². The van der Waals surface area contributed by atoms with E-state index in [9.17, 15) is 22.0 Å². The van der Waals surface area contributed by atoms with Gasteiger partial charge in [-0.3, -0.25) is 9.69 Å². The lowest BCUT2D eigenvalue weighted by atomic mass is 10.2. The summed E-state index contributed by atoms with van der Waals surface area (Å²) in [6, 6.07) is 8.74. The zero-order chi connectivity index (χ0) is 21.9. The third-order valence-corrected chi connectivity index (χ3v) is 7.29. The Morgan fingerprint density at radius 2 is 1.73 bits per heavy atom. The molecule has 2 aromatic carbocycles. The van der Waals surface area contributed by atoms with Crippen LogP contribution in [0.3, 0.4) is 0 Å². The Balaban J connectivity index is 1.55. The highest BCUT2D eigenvalue weighted by Crippen LogP contribution is 2.23. The van der Waals surface area contributed by atoms with Crippen molar-refractivity contribution in [1.29, 1.82) is 0 Å². The van der Waals surface area contributed by atoms with Gasteiger partial charge in [0.15, 0.2) is 0 Å². The van der Waals surface area contributed by atoms with Crippen molar-refractivity contribution in [3.05, 3.63) is 64.7 Å². The molecule has 0 spiro atoms. The number of nitrogens with zero attached hydrogens (tertiary/aromatic N) is 2. The van der Waals surface area contributed by atoms with Crippen LogP contribution in [0.4, 0.5) is 8.78 Å². The maximum Gasteiger partial charge on any atom is 0.243 e. The summed E-state index contributed by atoms with van der Waals surface area (Å²) in [4.78, 5) is 14.3.